The van der Waals surface area contributed by atoms with Gasteiger partial charge in [-0.1, -0.05) is 0 Å². The van der Waals surface area contributed by atoms with E-state index in [1.165, 1.54) is 11.3 Å². The Morgan fingerprint density at radius 1 is 1.41 bits per heavy atom. The van der Waals surface area contributed by atoms with Crippen molar-refractivity contribution in [3.63, 3.8) is 0 Å². The largest absolute Gasteiger partial charge is 0.481 e. The molecule has 0 aliphatic carbocycles. The molecule has 6 heteroatoms. The van der Waals surface area contributed by atoms with Crippen molar-refractivity contribution >= 4 is 23.2 Å². The number of aryl methyl sites for hydroxylation is 1. The number of hydrogen-bond acceptors (Lipinski definition) is 4. The van der Waals surface area contributed by atoms with Gasteiger partial charge in [-0.25, -0.2) is 4.98 Å². The first-order chi connectivity index (χ1) is 8.08. The molecule has 0 spiro atoms. The van der Waals surface area contributed by atoms with Gasteiger partial charge >= 0.3 is 5.97 Å². The second kappa shape index (κ2) is 7.01. The monoisotopic (exact) mass is 256 g/mol. The summed E-state index contributed by atoms with van der Waals surface area (Å²) in [5, 5.41) is 14.0. The smallest absolute Gasteiger partial charge is 0.303 e. The molecule has 0 aliphatic heterocycles. The van der Waals surface area contributed by atoms with Gasteiger partial charge in [0.15, 0.2) is 0 Å². The maximum Gasteiger partial charge on any atom is 0.303 e. The summed E-state index contributed by atoms with van der Waals surface area (Å²) in [5.41, 5.74) is 0.959. The number of nitrogens with zero attached hydrogens (tertiary/aromatic N) is 1. The van der Waals surface area contributed by atoms with E-state index in [-0.39, 0.29) is 12.3 Å². The number of unbranched alkanes of at least 4 members (excludes halogenated alkanes) is 1. The Morgan fingerprint density at radius 2 is 2.12 bits per heavy atom. The Labute approximate surface area is 104 Å². The number of carboxylic acids is 1. The molecule has 0 bridgehead atoms. The van der Waals surface area contributed by atoms with Gasteiger partial charge in [-0.2, -0.15) is 0 Å². The molecule has 1 amide bonds. The topological polar surface area (TPSA) is 79.3 Å². The van der Waals surface area contributed by atoms with Crippen LogP contribution < -0.4 is 5.32 Å². The molecule has 0 radical (unpaired) electrons. The van der Waals surface area contributed by atoms with E-state index in [2.05, 4.69) is 10.3 Å². The van der Waals surface area contributed by atoms with Gasteiger partial charge in [0.1, 0.15) is 5.01 Å². The molecule has 1 aromatic heterocycles. The third-order valence-corrected chi connectivity index (χ3v) is 3.11. The van der Waals surface area contributed by atoms with Crippen molar-refractivity contribution in [1.29, 1.82) is 0 Å². The Bertz CT molecular complexity index is 390. The standard InChI is InChI=1S/C11H16N2O3S/c1-8-7-17-10(13-8)6-12-9(14)4-2-3-5-11(15)16/h7H,2-6H2,1H3,(H,12,14)(H,15,16). The van der Waals surface area contributed by atoms with Crippen LogP contribution >= 0.6 is 11.3 Å². The number of aliphatic carboxylic acids is 1. The van der Waals surface area contributed by atoms with Crippen molar-refractivity contribution in [3.05, 3.63) is 16.1 Å². The molecule has 0 atom stereocenters. The van der Waals surface area contributed by atoms with Crippen molar-refractivity contribution < 1.29 is 14.7 Å². The molecule has 2 N–H and O–H groups in total. The molecule has 94 valence electrons. The van der Waals surface area contributed by atoms with Gasteiger partial charge in [-0.15, -0.1) is 11.3 Å². The maximum absolute atomic E-state index is 11.4. The summed E-state index contributed by atoms with van der Waals surface area (Å²) in [6.07, 6.45) is 1.64. The minimum atomic E-state index is -0.816. The van der Waals surface area contributed by atoms with Crippen molar-refractivity contribution in [1.82, 2.24) is 10.3 Å². The van der Waals surface area contributed by atoms with Gasteiger partial charge in [-0.05, 0) is 19.8 Å². The molecule has 0 aromatic carbocycles. The Morgan fingerprint density at radius 3 is 2.71 bits per heavy atom. The number of carboxylic acid groups (broad SMARTS) is 1. The summed E-state index contributed by atoms with van der Waals surface area (Å²) in [5.74, 6) is -0.869. The Kier molecular flexibility index (Phi) is 5.62. The first-order valence-corrected chi connectivity index (χ1v) is 6.35. The maximum atomic E-state index is 11.4. The highest BCUT2D eigenvalue weighted by molar-refractivity contribution is 7.09. The van der Waals surface area contributed by atoms with E-state index >= 15 is 0 Å². The number of rotatable bonds is 7. The lowest BCUT2D eigenvalue weighted by atomic mass is 10.2. The van der Waals surface area contributed by atoms with Crippen LogP contribution in [0.3, 0.4) is 0 Å². The molecular formula is C11H16N2O3S. The summed E-state index contributed by atoms with van der Waals surface area (Å²) in [4.78, 5) is 25.9. The normalized spacial score (nSPS) is 10.2. The third kappa shape index (κ3) is 6.01. The fraction of sp³-hybridized carbons (Fsp3) is 0.545. The summed E-state index contributed by atoms with van der Waals surface area (Å²) in [6, 6.07) is 0. The zero-order valence-electron chi connectivity index (χ0n) is 9.73. The lowest BCUT2D eigenvalue weighted by molar-refractivity contribution is -0.137. The fourth-order valence-corrected chi connectivity index (χ4v) is 2.02. The van der Waals surface area contributed by atoms with Crippen LogP contribution in [-0.2, 0) is 16.1 Å². The summed E-state index contributed by atoms with van der Waals surface area (Å²) < 4.78 is 0. The lowest BCUT2D eigenvalue weighted by Crippen LogP contribution is -2.22. The molecule has 5 nitrogen and oxygen atoms in total. The minimum Gasteiger partial charge on any atom is -0.481 e. The number of aromatic nitrogens is 1. The quantitative estimate of drug-likeness (QED) is 0.728. The highest BCUT2D eigenvalue weighted by Crippen LogP contribution is 2.08. The van der Waals surface area contributed by atoms with Gasteiger partial charge in [0, 0.05) is 23.9 Å². The average molecular weight is 256 g/mol. The van der Waals surface area contributed by atoms with E-state index in [1.807, 2.05) is 12.3 Å². The van der Waals surface area contributed by atoms with Crippen LogP contribution in [0.15, 0.2) is 5.38 Å². The molecule has 1 rings (SSSR count). The number of nitrogens with one attached hydrogen (secondary N) is 1. The molecule has 0 unspecified atom stereocenters. The van der Waals surface area contributed by atoms with Crippen LogP contribution in [0.25, 0.3) is 0 Å². The second-order valence-electron chi connectivity index (χ2n) is 3.76. The van der Waals surface area contributed by atoms with Gasteiger partial charge in [0.25, 0.3) is 0 Å². The summed E-state index contributed by atoms with van der Waals surface area (Å²) >= 11 is 1.52. The van der Waals surface area contributed by atoms with Gasteiger partial charge < -0.3 is 10.4 Å². The van der Waals surface area contributed by atoms with Crippen LogP contribution in [0.2, 0.25) is 0 Å². The zero-order valence-corrected chi connectivity index (χ0v) is 10.5. The van der Waals surface area contributed by atoms with Gasteiger partial charge in [-0.3, -0.25) is 9.59 Å². The van der Waals surface area contributed by atoms with E-state index in [9.17, 15) is 9.59 Å². The predicted octanol–water partition coefficient (Wildman–Crippen LogP) is 1.71. The molecule has 0 fully saturated rings. The average Bonchev–Trinajstić information content (AvgIpc) is 2.67. The highest BCUT2D eigenvalue weighted by Gasteiger charge is 2.04. The molecule has 0 saturated heterocycles. The number of carbonyl (C=O) groups is 2. The molecule has 0 aliphatic rings. The van der Waals surface area contributed by atoms with Gasteiger partial charge in [0.05, 0.1) is 6.54 Å². The lowest BCUT2D eigenvalue weighted by Gasteiger charge is -2.02. The van der Waals surface area contributed by atoms with E-state index in [0.717, 1.165) is 10.7 Å². The molecule has 1 heterocycles. The number of amides is 1. The first kappa shape index (κ1) is 13.6. The second-order valence-corrected chi connectivity index (χ2v) is 4.70. The number of carbonyl (C=O) groups excluding carboxylic acids is 1. The van der Waals surface area contributed by atoms with Crippen LogP contribution in [0.4, 0.5) is 0 Å². The Hall–Kier alpha value is -1.43. The molecule has 17 heavy (non-hydrogen) atoms. The van der Waals surface area contributed by atoms with E-state index < -0.39 is 5.97 Å². The molecule has 1 aromatic rings. The van der Waals surface area contributed by atoms with Crippen LogP contribution in [0.1, 0.15) is 36.4 Å². The van der Waals surface area contributed by atoms with E-state index in [0.29, 0.717) is 25.8 Å². The summed E-state index contributed by atoms with van der Waals surface area (Å²) in [6.45, 7) is 2.37. The van der Waals surface area contributed by atoms with E-state index in [1.54, 1.807) is 0 Å². The minimum absolute atomic E-state index is 0.0526. The Balaban J connectivity index is 2.11. The molecular weight excluding hydrogens is 240 g/mol. The van der Waals surface area contributed by atoms with Crippen molar-refractivity contribution in [3.8, 4) is 0 Å². The van der Waals surface area contributed by atoms with Crippen molar-refractivity contribution in [2.24, 2.45) is 0 Å². The third-order valence-electron chi connectivity index (χ3n) is 2.15. The van der Waals surface area contributed by atoms with Gasteiger partial charge in [0.2, 0.25) is 5.91 Å². The fourth-order valence-electron chi connectivity index (χ4n) is 1.31. The number of thiazole rings is 1. The highest BCUT2D eigenvalue weighted by atomic mass is 32.1. The van der Waals surface area contributed by atoms with Crippen molar-refractivity contribution in [2.75, 3.05) is 0 Å². The molecule has 0 saturated carbocycles. The predicted molar refractivity (Wildman–Crippen MR) is 64.8 cm³/mol. The first-order valence-electron chi connectivity index (χ1n) is 5.47. The van der Waals surface area contributed by atoms with Crippen LogP contribution in [0.5, 0.6) is 0 Å². The van der Waals surface area contributed by atoms with Crippen molar-refractivity contribution in [2.45, 2.75) is 39.2 Å². The SMILES string of the molecule is Cc1csc(CNC(=O)CCCCC(=O)O)n1. The van der Waals surface area contributed by atoms with Crippen LogP contribution in [-0.4, -0.2) is 22.0 Å². The summed E-state index contributed by atoms with van der Waals surface area (Å²) in [7, 11) is 0. The number of hydrogen-bond donors (Lipinski definition) is 2. The van der Waals surface area contributed by atoms with E-state index in [4.69, 9.17) is 5.11 Å². The van der Waals surface area contributed by atoms with Crippen LogP contribution in [0, 0.1) is 6.92 Å². The zero-order chi connectivity index (χ0) is 12.7.